The predicted octanol–water partition coefficient (Wildman–Crippen LogP) is 3.83. The Kier molecular flexibility index (Phi) is 4.37. The third-order valence-corrected chi connectivity index (χ3v) is 2.81. The van der Waals surface area contributed by atoms with Crippen molar-refractivity contribution in [2.75, 3.05) is 0 Å². The number of unbranched alkanes of at least 4 members (excludes halogenated alkanes) is 3. The summed E-state index contributed by atoms with van der Waals surface area (Å²) in [7, 11) is 0. The van der Waals surface area contributed by atoms with E-state index in [1.54, 1.807) is 0 Å². The Balaban J connectivity index is 2.51. The summed E-state index contributed by atoms with van der Waals surface area (Å²) in [5.74, 6) is 0. The third kappa shape index (κ3) is 3.69. The van der Waals surface area contributed by atoms with Crippen LogP contribution in [0.5, 0.6) is 0 Å². The second kappa shape index (κ2) is 5.34. The second-order valence-electron chi connectivity index (χ2n) is 5.32. The highest BCUT2D eigenvalue weighted by molar-refractivity contribution is 5.24. The second-order valence-corrected chi connectivity index (χ2v) is 5.32. The van der Waals surface area contributed by atoms with E-state index >= 15 is 0 Å². The first-order valence-corrected chi connectivity index (χ1v) is 6.08. The molecule has 0 spiro atoms. The molecule has 0 amide bonds. The van der Waals surface area contributed by atoms with E-state index in [1.165, 1.54) is 36.9 Å². The van der Waals surface area contributed by atoms with Gasteiger partial charge in [-0.05, 0) is 23.8 Å². The van der Waals surface area contributed by atoms with Crippen molar-refractivity contribution in [3.63, 3.8) is 0 Å². The topological polar surface area (TPSA) is 28.7 Å². The van der Waals surface area contributed by atoms with E-state index in [4.69, 9.17) is 0 Å². The Morgan fingerprint density at radius 1 is 1.20 bits per heavy atom. The number of hydrogen-bond acceptors (Lipinski definition) is 1. The highest BCUT2D eigenvalue weighted by atomic mass is 15.1. The summed E-state index contributed by atoms with van der Waals surface area (Å²) >= 11 is 0. The van der Waals surface area contributed by atoms with Crippen LogP contribution in [0.2, 0.25) is 0 Å². The SMILES string of the molecule is CCCCCCc1[nH]ncc1C(C)(C)C. The standard InChI is InChI=1S/C13H24N2/c1-5-6-7-8-9-12-11(10-14-15-12)13(2,3)4/h10H,5-9H2,1-4H3,(H,14,15). The molecular formula is C13H24N2. The maximum Gasteiger partial charge on any atom is 0.0527 e. The quantitative estimate of drug-likeness (QED) is 0.732. The molecule has 0 fully saturated rings. The fraction of sp³-hybridized carbons (Fsp3) is 0.769. The van der Waals surface area contributed by atoms with E-state index in [2.05, 4.69) is 37.9 Å². The molecule has 0 bridgehead atoms. The molecule has 1 aromatic rings. The van der Waals surface area contributed by atoms with Gasteiger partial charge in [0, 0.05) is 5.69 Å². The smallest absolute Gasteiger partial charge is 0.0527 e. The first-order chi connectivity index (χ1) is 7.05. The van der Waals surface area contributed by atoms with Gasteiger partial charge in [0.25, 0.3) is 0 Å². The van der Waals surface area contributed by atoms with Crippen LogP contribution in [0.4, 0.5) is 0 Å². The highest BCUT2D eigenvalue weighted by Gasteiger charge is 2.18. The van der Waals surface area contributed by atoms with Crippen LogP contribution in [0, 0.1) is 0 Å². The third-order valence-electron chi connectivity index (χ3n) is 2.81. The zero-order valence-corrected chi connectivity index (χ0v) is 10.6. The number of rotatable bonds is 5. The summed E-state index contributed by atoms with van der Waals surface area (Å²) in [4.78, 5) is 0. The van der Waals surface area contributed by atoms with Crippen molar-refractivity contribution >= 4 is 0 Å². The minimum absolute atomic E-state index is 0.215. The molecule has 0 unspecified atom stereocenters. The number of aromatic amines is 1. The summed E-state index contributed by atoms with van der Waals surface area (Å²) in [5, 5.41) is 7.30. The number of hydrogen-bond donors (Lipinski definition) is 1. The Bertz CT molecular complexity index is 281. The van der Waals surface area contributed by atoms with Gasteiger partial charge in [-0.15, -0.1) is 0 Å². The van der Waals surface area contributed by atoms with E-state index in [1.807, 2.05) is 6.20 Å². The molecule has 2 heteroatoms. The van der Waals surface area contributed by atoms with Gasteiger partial charge < -0.3 is 0 Å². The van der Waals surface area contributed by atoms with Gasteiger partial charge in [0.1, 0.15) is 0 Å². The Labute approximate surface area is 93.5 Å². The number of nitrogens with zero attached hydrogens (tertiary/aromatic N) is 1. The van der Waals surface area contributed by atoms with Gasteiger partial charge in [0.05, 0.1) is 6.20 Å². The van der Waals surface area contributed by atoms with Crippen molar-refractivity contribution in [1.29, 1.82) is 0 Å². The zero-order chi connectivity index (χ0) is 11.3. The largest absolute Gasteiger partial charge is 0.282 e. The van der Waals surface area contributed by atoms with Crippen LogP contribution >= 0.6 is 0 Å². The summed E-state index contributed by atoms with van der Waals surface area (Å²) in [6, 6.07) is 0. The van der Waals surface area contributed by atoms with Crippen molar-refractivity contribution in [3.8, 4) is 0 Å². The maximum absolute atomic E-state index is 4.16. The van der Waals surface area contributed by atoms with Crippen molar-refractivity contribution in [3.05, 3.63) is 17.5 Å². The van der Waals surface area contributed by atoms with Crippen LogP contribution < -0.4 is 0 Å². The zero-order valence-electron chi connectivity index (χ0n) is 10.6. The van der Waals surface area contributed by atoms with Gasteiger partial charge in [-0.3, -0.25) is 5.10 Å². The van der Waals surface area contributed by atoms with Crippen LogP contribution in [-0.2, 0) is 11.8 Å². The van der Waals surface area contributed by atoms with Gasteiger partial charge in [-0.25, -0.2) is 0 Å². The molecule has 1 N–H and O–H groups in total. The molecule has 0 saturated carbocycles. The van der Waals surface area contributed by atoms with E-state index in [0.29, 0.717) is 0 Å². The fourth-order valence-corrected chi connectivity index (χ4v) is 1.88. The molecule has 1 heterocycles. The minimum atomic E-state index is 0.215. The van der Waals surface area contributed by atoms with E-state index < -0.39 is 0 Å². The van der Waals surface area contributed by atoms with Crippen molar-refractivity contribution in [1.82, 2.24) is 10.2 Å². The molecule has 0 saturated heterocycles. The molecule has 0 radical (unpaired) electrons. The summed E-state index contributed by atoms with van der Waals surface area (Å²) < 4.78 is 0. The maximum atomic E-state index is 4.16. The normalized spacial score (nSPS) is 12.0. The van der Waals surface area contributed by atoms with Crippen molar-refractivity contribution in [2.24, 2.45) is 0 Å². The Morgan fingerprint density at radius 2 is 1.93 bits per heavy atom. The molecule has 0 atom stereocenters. The van der Waals surface area contributed by atoms with Crippen LogP contribution in [-0.4, -0.2) is 10.2 Å². The molecule has 86 valence electrons. The summed E-state index contributed by atoms with van der Waals surface area (Å²) in [6.45, 7) is 8.98. The minimum Gasteiger partial charge on any atom is -0.282 e. The molecule has 0 aliphatic heterocycles. The molecule has 0 aromatic carbocycles. The first kappa shape index (κ1) is 12.3. The summed E-state index contributed by atoms with van der Waals surface area (Å²) in [6.07, 6.45) is 8.38. The molecule has 2 nitrogen and oxygen atoms in total. The lowest BCUT2D eigenvalue weighted by Gasteiger charge is -2.18. The molecule has 0 aliphatic carbocycles. The number of nitrogens with one attached hydrogen (secondary N) is 1. The van der Waals surface area contributed by atoms with Crippen LogP contribution in [0.1, 0.15) is 64.6 Å². The average molecular weight is 208 g/mol. The monoisotopic (exact) mass is 208 g/mol. The summed E-state index contributed by atoms with van der Waals surface area (Å²) in [5.41, 5.74) is 2.92. The Hall–Kier alpha value is -0.790. The number of H-pyrrole nitrogens is 1. The highest BCUT2D eigenvalue weighted by Crippen LogP contribution is 2.25. The molecule has 15 heavy (non-hydrogen) atoms. The van der Waals surface area contributed by atoms with Gasteiger partial charge in [0.2, 0.25) is 0 Å². The average Bonchev–Trinajstić information content (AvgIpc) is 2.59. The van der Waals surface area contributed by atoms with E-state index in [9.17, 15) is 0 Å². The van der Waals surface area contributed by atoms with Gasteiger partial charge in [0.15, 0.2) is 0 Å². The number of aromatic nitrogens is 2. The molecular weight excluding hydrogens is 184 g/mol. The van der Waals surface area contributed by atoms with Gasteiger partial charge >= 0.3 is 0 Å². The van der Waals surface area contributed by atoms with Crippen molar-refractivity contribution < 1.29 is 0 Å². The molecule has 0 aliphatic rings. The lowest BCUT2D eigenvalue weighted by atomic mass is 9.86. The lowest BCUT2D eigenvalue weighted by Crippen LogP contribution is -2.12. The lowest BCUT2D eigenvalue weighted by molar-refractivity contribution is 0.575. The van der Waals surface area contributed by atoms with E-state index in [-0.39, 0.29) is 5.41 Å². The van der Waals surface area contributed by atoms with Crippen LogP contribution in [0.25, 0.3) is 0 Å². The molecule has 1 rings (SSSR count). The molecule has 1 aromatic heterocycles. The van der Waals surface area contributed by atoms with Crippen LogP contribution in [0.15, 0.2) is 6.20 Å². The van der Waals surface area contributed by atoms with Gasteiger partial charge in [-0.2, -0.15) is 5.10 Å². The van der Waals surface area contributed by atoms with Gasteiger partial charge in [-0.1, -0.05) is 47.0 Å². The predicted molar refractivity (Wildman–Crippen MR) is 65.1 cm³/mol. The number of aryl methyl sites for hydroxylation is 1. The first-order valence-electron chi connectivity index (χ1n) is 6.08. The van der Waals surface area contributed by atoms with E-state index in [0.717, 1.165) is 6.42 Å². The van der Waals surface area contributed by atoms with Crippen molar-refractivity contribution in [2.45, 2.75) is 65.2 Å². The van der Waals surface area contributed by atoms with Crippen LogP contribution in [0.3, 0.4) is 0 Å². The fourth-order valence-electron chi connectivity index (χ4n) is 1.88. The Morgan fingerprint density at radius 3 is 2.53 bits per heavy atom.